The summed E-state index contributed by atoms with van der Waals surface area (Å²) in [6.45, 7) is 0. The van der Waals surface area contributed by atoms with Crippen molar-refractivity contribution in [2.24, 2.45) is 0 Å². The van der Waals surface area contributed by atoms with E-state index in [9.17, 15) is 8.22 Å². The van der Waals surface area contributed by atoms with Gasteiger partial charge in [-0.1, -0.05) is 376 Å². The van der Waals surface area contributed by atoms with Crippen molar-refractivity contribution in [3.05, 3.63) is 594 Å². The zero-order chi connectivity index (χ0) is 102. The minimum atomic E-state index is -1.22. The number of para-hydroxylation sites is 6. The second-order valence-corrected chi connectivity index (χ2v) is 37.2. The number of nitrogens with zero attached hydrogens (tertiary/aromatic N) is 3. The maximum Gasteiger partial charge on any atom is 0.0720 e. The molecule has 636 valence electrons. The molecule has 3 atom stereocenters. The molecule has 3 aliphatic rings. The van der Waals surface area contributed by atoms with E-state index in [2.05, 4.69) is 263 Å². The van der Waals surface area contributed by atoms with E-state index in [1.165, 1.54) is 14.8 Å². The third kappa shape index (κ3) is 13.3. The minimum Gasteiger partial charge on any atom is -0.310 e. The van der Waals surface area contributed by atoms with Gasteiger partial charge in [-0.05, 0) is 252 Å². The molecule has 21 aromatic carbocycles. The first kappa shape index (κ1) is 66.1. The summed E-state index contributed by atoms with van der Waals surface area (Å²) < 4.78 is 142. The summed E-state index contributed by atoms with van der Waals surface area (Å²) in [6, 6.07) is 145. The van der Waals surface area contributed by atoms with Gasteiger partial charge in [0.05, 0.1) is 36.8 Å². The summed E-state index contributed by atoms with van der Waals surface area (Å²) in [7, 11) is 0. The largest absolute Gasteiger partial charge is 0.310 e. The zero-order valence-corrected chi connectivity index (χ0v) is 75.1. The lowest BCUT2D eigenvalue weighted by atomic mass is 9.66. The van der Waals surface area contributed by atoms with Crippen molar-refractivity contribution in [3.8, 4) is 33.4 Å². The van der Waals surface area contributed by atoms with Crippen LogP contribution in [0, 0.1) is 0 Å². The van der Waals surface area contributed by atoms with E-state index < -0.39 is 34.4 Å². The van der Waals surface area contributed by atoms with E-state index in [0.717, 1.165) is 180 Å². The van der Waals surface area contributed by atoms with Gasteiger partial charge in [0, 0.05) is 112 Å². The Balaban J connectivity index is 0.000000116. The number of benzene rings is 21. The Kier molecular flexibility index (Phi) is 16.6. The van der Waals surface area contributed by atoms with Gasteiger partial charge in [-0.15, -0.1) is 34.0 Å². The molecular formula is C129H87N3S3. The molecule has 3 aromatic heterocycles. The Bertz CT molecular complexity index is 9380. The molecule has 0 saturated heterocycles. The van der Waals surface area contributed by atoms with Crippen LogP contribution in [0.25, 0.3) is 93.9 Å². The second-order valence-electron chi connectivity index (χ2n) is 34.0. The normalized spacial score (nSPS) is 16.8. The van der Waals surface area contributed by atoms with Crippen molar-refractivity contribution in [2.75, 3.05) is 14.7 Å². The van der Waals surface area contributed by atoms with Crippen molar-refractivity contribution in [2.45, 2.75) is 16.2 Å². The van der Waals surface area contributed by atoms with E-state index in [1.54, 1.807) is 34.0 Å². The Labute approximate surface area is 819 Å². The maximum atomic E-state index is 9.45. The van der Waals surface area contributed by atoms with Gasteiger partial charge in [0.2, 0.25) is 0 Å². The molecule has 0 radical (unpaired) electrons. The maximum absolute atomic E-state index is 9.45. The first-order valence-corrected chi connectivity index (χ1v) is 47.5. The molecule has 6 heteroatoms. The summed E-state index contributed by atoms with van der Waals surface area (Å²) >= 11 is 5.14. The molecule has 0 spiro atoms. The van der Waals surface area contributed by atoms with Gasteiger partial charge in [-0.25, -0.2) is 0 Å². The zero-order valence-electron chi connectivity index (χ0n) is 87.6. The Morgan fingerprint density at radius 2 is 0.444 bits per heavy atom. The van der Waals surface area contributed by atoms with Crippen LogP contribution in [0.4, 0.5) is 51.2 Å². The van der Waals surface area contributed by atoms with E-state index >= 15 is 0 Å². The fourth-order valence-corrected chi connectivity index (χ4v) is 24.9. The van der Waals surface area contributed by atoms with Gasteiger partial charge in [0.25, 0.3) is 0 Å². The molecule has 0 amide bonds. The van der Waals surface area contributed by atoms with E-state index in [4.69, 9.17) is 12.3 Å². The predicted molar refractivity (Wildman–Crippen MR) is 574 cm³/mol. The summed E-state index contributed by atoms with van der Waals surface area (Å²) in [5.41, 5.74) is 19.8. The van der Waals surface area contributed by atoms with Crippen LogP contribution in [0.2, 0.25) is 0 Å². The van der Waals surface area contributed by atoms with Crippen LogP contribution in [0.1, 0.15) is 87.3 Å². The first-order chi connectivity index (χ1) is 73.2. The average molecular weight is 1790 g/mol. The van der Waals surface area contributed by atoms with Crippen LogP contribution < -0.4 is 14.7 Å². The SMILES string of the molecule is [2H]c1c([2H])c([2H])c(C2(c3ccc4c(c3)sc3ccccc34)c3ccccc3-c3cc(N(c4ccccc4)c4ccccc4)ccc32)c([2H])c1[2H].[2H]c1c([2H])c([2H])c(C2(c3ccc4sc5ccccc5c4c3)c3ccccc3-c3cc(N(c4ccccc4)c4ccccc4)ccc32)c([2H])c1[2H].[2H]c1c([2H])c([2H])c(C2(c3cccc4sc5ccccc5c34)c3ccccc3-c3cc(N(c4ccccc4)c4ccccc4)ccc32)c([2H])c1[2H]. The van der Waals surface area contributed by atoms with Crippen LogP contribution in [0.5, 0.6) is 0 Å². The van der Waals surface area contributed by atoms with E-state index in [0.29, 0.717) is 0 Å². The molecule has 27 rings (SSSR count). The standard InChI is InChI=1S/3C43H29NS/c1-4-15-30(16-5-1)43(39-24-14-26-41-42(39)35-22-11-13-25-40(35)45-41)37-23-12-10-21-34(37)36-29-33(27-28-38(36)43)44(31-17-6-2-7-18-31)32-19-8-3-9-20-32;1-4-14-30(15-5-1)43(31-24-27-42-38(28-31)36-21-11-13-23-41(36)45-42)39-22-12-10-20-35(39)37-29-34(25-26-40(37)43)44(32-16-6-2-7-17-32)33-18-8-3-9-19-33;1-4-14-30(15-5-1)43(31-24-26-37-36-21-11-13-23-41(36)45-42(37)28-31)39-22-12-10-20-35(39)38-29-34(25-27-40(38)43)44(32-16-6-2-7-17-32)33-18-8-3-9-19-33/h3*1-29H/i1D,4D,5D,15D,16D;2*1D,4D,5D,14D,15D. The third-order valence-corrected chi connectivity index (χ3v) is 30.4. The van der Waals surface area contributed by atoms with Crippen LogP contribution in [0.15, 0.2) is 527 Å². The molecule has 0 saturated carbocycles. The highest BCUT2D eigenvalue weighted by molar-refractivity contribution is 7.26. The fourth-order valence-electron chi connectivity index (χ4n) is 21.5. The smallest absolute Gasteiger partial charge is 0.0720 e. The molecule has 0 fully saturated rings. The molecule has 3 heterocycles. The second kappa shape index (κ2) is 33.8. The monoisotopic (exact) mass is 1790 g/mol. The highest BCUT2D eigenvalue weighted by Crippen LogP contribution is 2.63. The fraction of sp³-hybridized carbons (Fsp3) is 0.0233. The highest BCUT2D eigenvalue weighted by Gasteiger charge is 2.50. The van der Waals surface area contributed by atoms with Gasteiger partial charge >= 0.3 is 0 Å². The molecule has 0 aliphatic heterocycles. The number of hydrogen-bond donors (Lipinski definition) is 0. The first-order valence-electron chi connectivity index (χ1n) is 52.6. The summed E-state index contributed by atoms with van der Waals surface area (Å²) in [5.74, 6) is 0. The number of rotatable bonds is 15. The molecule has 24 aromatic rings. The van der Waals surface area contributed by atoms with E-state index in [1.807, 2.05) is 188 Å². The van der Waals surface area contributed by atoms with Crippen molar-refractivity contribution in [3.63, 3.8) is 0 Å². The molecule has 0 N–H and O–H groups in total. The van der Waals surface area contributed by atoms with Gasteiger partial charge in [0.1, 0.15) is 0 Å². The van der Waals surface area contributed by atoms with Crippen molar-refractivity contribution in [1.82, 2.24) is 0 Å². The third-order valence-electron chi connectivity index (χ3n) is 27.0. The quantitative estimate of drug-likeness (QED) is 0.101. The van der Waals surface area contributed by atoms with Crippen LogP contribution in [0.3, 0.4) is 0 Å². The lowest BCUT2D eigenvalue weighted by Crippen LogP contribution is -2.28. The van der Waals surface area contributed by atoms with Gasteiger partial charge in [0.15, 0.2) is 0 Å². The number of hydrogen-bond acceptors (Lipinski definition) is 6. The van der Waals surface area contributed by atoms with Crippen LogP contribution >= 0.6 is 34.0 Å². The van der Waals surface area contributed by atoms with Crippen LogP contribution in [-0.2, 0) is 16.2 Å². The van der Waals surface area contributed by atoms with Crippen molar-refractivity contribution < 1.29 is 20.6 Å². The van der Waals surface area contributed by atoms with E-state index in [-0.39, 0.29) is 89.2 Å². The van der Waals surface area contributed by atoms with Crippen LogP contribution in [-0.4, -0.2) is 0 Å². The highest BCUT2D eigenvalue weighted by atomic mass is 32.1. The van der Waals surface area contributed by atoms with Gasteiger partial charge in [-0.3, -0.25) is 0 Å². The molecule has 0 bridgehead atoms. The summed E-state index contributed by atoms with van der Waals surface area (Å²) in [4.78, 5) is 6.66. The predicted octanol–water partition coefficient (Wildman–Crippen LogP) is 35.7. The number of fused-ring (bicyclic) bond motifs is 18. The molecule has 3 aliphatic carbocycles. The van der Waals surface area contributed by atoms with Crippen molar-refractivity contribution >= 4 is 146 Å². The number of anilines is 9. The number of thiophene rings is 3. The summed E-state index contributed by atoms with van der Waals surface area (Å²) in [6.07, 6.45) is 0. The molecule has 135 heavy (non-hydrogen) atoms. The Morgan fingerprint density at radius 1 is 0.163 bits per heavy atom. The average Bonchev–Trinajstić information content (AvgIpc) is 1.52. The van der Waals surface area contributed by atoms with Gasteiger partial charge in [-0.2, -0.15) is 0 Å². The molecule has 3 unspecified atom stereocenters. The minimum absolute atomic E-state index is 0.200. The Morgan fingerprint density at radius 3 is 0.867 bits per heavy atom. The molecular weight excluding hydrogens is 1690 g/mol. The molecule has 3 nitrogen and oxygen atoms in total. The Hall–Kier alpha value is -16.3. The summed E-state index contributed by atoms with van der Waals surface area (Å²) in [5, 5.41) is 6.63. The lowest BCUT2D eigenvalue weighted by molar-refractivity contribution is 0.770. The lowest BCUT2D eigenvalue weighted by Gasteiger charge is -2.35. The topological polar surface area (TPSA) is 9.72 Å². The van der Waals surface area contributed by atoms with Crippen molar-refractivity contribution in [1.29, 1.82) is 0 Å². The van der Waals surface area contributed by atoms with Gasteiger partial charge < -0.3 is 14.7 Å².